The van der Waals surface area contributed by atoms with Crippen molar-refractivity contribution in [2.24, 2.45) is 0 Å². The second kappa shape index (κ2) is 7.26. The Morgan fingerprint density at radius 1 is 1.15 bits per heavy atom. The summed E-state index contributed by atoms with van der Waals surface area (Å²) in [5, 5.41) is 40.2. The minimum Gasteiger partial charge on any atom is -0.485 e. The molecule has 0 radical (unpaired) electrons. The average Bonchev–Trinajstić information content (AvgIpc) is 2.26. The Hall–Kier alpha value is -1.59. The van der Waals surface area contributed by atoms with Crippen LogP contribution in [0.15, 0.2) is 24.3 Å². The molecule has 20 heavy (non-hydrogen) atoms. The Labute approximate surface area is 119 Å². The second-order valence-corrected chi connectivity index (χ2v) is 5.16. The summed E-state index contributed by atoms with van der Waals surface area (Å²) in [7, 11) is -2.17. The molecule has 0 bridgehead atoms. The van der Waals surface area contributed by atoms with Crippen molar-refractivity contribution >= 4 is 7.32 Å². The highest BCUT2D eigenvalue weighted by Crippen LogP contribution is 2.28. The van der Waals surface area contributed by atoms with Crippen molar-refractivity contribution in [2.75, 3.05) is 0 Å². The lowest BCUT2D eigenvalue weighted by Gasteiger charge is -2.37. The van der Waals surface area contributed by atoms with Crippen LogP contribution in [0.4, 0.5) is 0 Å². The van der Waals surface area contributed by atoms with Gasteiger partial charge in [-0.1, -0.05) is 6.07 Å². The van der Waals surface area contributed by atoms with Gasteiger partial charge >= 0.3 is 7.32 Å². The fraction of sp³-hybridized carbons (Fsp3) is 0.462. The zero-order valence-corrected chi connectivity index (χ0v) is 12.0. The molecule has 4 N–H and O–H groups in total. The number of benzene rings is 1. The summed E-state index contributed by atoms with van der Waals surface area (Å²) in [5.74, 6) is 0.589. The van der Waals surface area contributed by atoms with E-state index in [0.717, 1.165) is 0 Å². The van der Waals surface area contributed by atoms with Crippen LogP contribution in [-0.4, -0.2) is 38.7 Å². The minimum absolute atomic E-state index is 0.545. The van der Waals surface area contributed by atoms with Crippen LogP contribution in [0.3, 0.4) is 0 Å². The molecule has 6 nitrogen and oxygen atoms in total. The molecular weight excluding hydrogens is 261 g/mol. The van der Waals surface area contributed by atoms with Crippen LogP contribution in [0.25, 0.3) is 0 Å². The number of aliphatic hydroxyl groups is 1. The molecule has 0 fully saturated rings. The highest BCUT2D eigenvalue weighted by atomic mass is 16.5. The van der Waals surface area contributed by atoms with Gasteiger partial charge in [0.05, 0.1) is 17.2 Å². The van der Waals surface area contributed by atoms with Crippen LogP contribution >= 0.6 is 0 Å². The van der Waals surface area contributed by atoms with E-state index in [-0.39, 0.29) is 0 Å². The normalized spacial score (nSPS) is 10.9. The summed E-state index contributed by atoms with van der Waals surface area (Å²) < 4.78 is 5.71. The fourth-order valence-electron chi connectivity index (χ4n) is 1.05. The van der Waals surface area contributed by atoms with Crippen molar-refractivity contribution in [3.05, 3.63) is 29.8 Å². The van der Waals surface area contributed by atoms with Gasteiger partial charge in [0.2, 0.25) is 0 Å². The second-order valence-electron chi connectivity index (χ2n) is 5.16. The summed E-state index contributed by atoms with van der Waals surface area (Å²) in [6.07, 6.45) is 0. The van der Waals surface area contributed by atoms with E-state index in [1.165, 1.54) is 0 Å². The van der Waals surface area contributed by atoms with E-state index in [4.69, 9.17) is 25.1 Å². The van der Waals surface area contributed by atoms with Gasteiger partial charge in [0, 0.05) is 0 Å². The van der Waals surface area contributed by atoms with Crippen LogP contribution < -0.4 is 4.74 Å². The van der Waals surface area contributed by atoms with Gasteiger partial charge in [-0.15, -0.1) is 0 Å². The van der Waals surface area contributed by atoms with Crippen molar-refractivity contribution in [3.63, 3.8) is 0 Å². The molecule has 0 amide bonds. The maximum Gasteiger partial charge on any atom is 0.631 e. The summed E-state index contributed by atoms with van der Waals surface area (Å²) in [4.78, 5) is 0. The third-order valence-electron chi connectivity index (χ3n) is 2.81. The van der Waals surface area contributed by atoms with E-state index in [2.05, 4.69) is 0 Å². The number of nitriles is 1. The molecule has 1 rings (SSSR count). The minimum atomic E-state index is -2.17. The van der Waals surface area contributed by atoms with E-state index in [0.29, 0.717) is 11.3 Å². The molecule has 1 aromatic rings. The Balaban J connectivity index is 0.000000796. The third kappa shape index (κ3) is 6.54. The lowest BCUT2D eigenvalue weighted by molar-refractivity contribution is -0.0906. The van der Waals surface area contributed by atoms with Crippen LogP contribution in [0, 0.1) is 11.3 Å². The van der Waals surface area contributed by atoms with Gasteiger partial charge in [0.15, 0.2) is 0 Å². The van der Waals surface area contributed by atoms with Crippen LogP contribution in [0.2, 0.25) is 0 Å². The first kappa shape index (κ1) is 18.4. The summed E-state index contributed by atoms with van der Waals surface area (Å²) >= 11 is 0. The maximum atomic E-state index is 9.94. The first-order valence-corrected chi connectivity index (χ1v) is 5.95. The van der Waals surface area contributed by atoms with E-state index in [9.17, 15) is 5.11 Å². The van der Waals surface area contributed by atoms with Crippen molar-refractivity contribution in [1.29, 1.82) is 5.26 Å². The van der Waals surface area contributed by atoms with Crippen molar-refractivity contribution in [1.82, 2.24) is 0 Å². The molecule has 0 saturated heterocycles. The standard InChI is InChI=1S/C13H17NO2.BH3O3/c1-12(2,15)13(3,4)16-11-7-5-6-10(8-11)9-14;2-1(3)4/h5-8,15H,1-4H3;2-4H. The van der Waals surface area contributed by atoms with E-state index in [1.807, 2.05) is 19.9 Å². The maximum absolute atomic E-state index is 9.94. The van der Waals surface area contributed by atoms with Gasteiger partial charge in [0.25, 0.3) is 0 Å². The molecule has 0 aliphatic heterocycles. The predicted molar refractivity (Wildman–Crippen MR) is 74.6 cm³/mol. The molecule has 0 atom stereocenters. The topological polar surface area (TPSA) is 114 Å². The fourth-order valence-corrected chi connectivity index (χ4v) is 1.05. The van der Waals surface area contributed by atoms with Gasteiger partial charge < -0.3 is 24.9 Å². The molecule has 0 aliphatic carbocycles. The molecule has 0 saturated carbocycles. The van der Waals surface area contributed by atoms with E-state index in [1.54, 1.807) is 38.1 Å². The highest BCUT2D eigenvalue weighted by Gasteiger charge is 2.37. The Morgan fingerprint density at radius 2 is 1.65 bits per heavy atom. The average molecular weight is 281 g/mol. The Kier molecular flexibility index (Phi) is 6.69. The van der Waals surface area contributed by atoms with Gasteiger partial charge in [-0.05, 0) is 45.9 Å². The van der Waals surface area contributed by atoms with Crippen LogP contribution in [0.1, 0.15) is 33.3 Å². The lowest BCUT2D eigenvalue weighted by atomic mass is 9.89. The lowest BCUT2D eigenvalue weighted by Crippen LogP contribution is -2.49. The summed E-state index contributed by atoms with van der Waals surface area (Å²) in [5.41, 5.74) is -1.14. The molecule has 0 unspecified atom stereocenters. The largest absolute Gasteiger partial charge is 0.631 e. The Bertz CT molecular complexity index is 460. The number of nitrogens with zero attached hydrogens (tertiary/aromatic N) is 1. The highest BCUT2D eigenvalue weighted by molar-refractivity contribution is 6.30. The first-order valence-electron chi connectivity index (χ1n) is 5.95. The number of hydrogen-bond acceptors (Lipinski definition) is 6. The SMILES string of the molecule is CC(C)(O)C(C)(C)Oc1cccc(C#N)c1.OB(O)O. The molecule has 0 aromatic heterocycles. The molecule has 0 aliphatic rings. The molecule has 110 valence electrons. The van der Waals surface area contributed by atoms with E-state index < -0.39 is 18.5 Å². The molecule has 0 spiro atoms. The van der Waals surface area contributed by atoms with E-state index >= 15 is 0 Å². The quantitative estimate of drug-likeness (QED) is 0.597. The number of hydrogen-bond donors (Lipinski definition) is 4. The molecular formula is C13H20BNO5. The molecule has 0 heterocycles. The number of rotatable bonds is 3. The summed E-state index contributed by atoms with van der Waals surface area (Å²) in [6, 6.07) is 8.95. The van der Waals surface area contributed by atoms with Gasteiger partial charge in [-0.3, -0.25) is 0 Å². The zero-order valence-electron chi connectivity index (χ0n) is 12.0. The first-order chi connectivity index (χ1) is 8.99. The summed E-state index contributed by atoms with van der Waals surface area (Å²) in [6.45, 7) is 7.01. The van der Waals surface area contributed by atoms with Gasteiger partial charge in [0.1, 0.15) is 11.4 Å². The van der Waals surface area contributed by atoms with Crippen molar-refractivity contribution < 1.29 is 24.9 Å². The van der Waals surface area contributed by atoms with Crippen LogP contribution in [0.5, 0.6) is 5.75 Å². The number of ether oxygens (including phenoxy) is 1. The zero-order chi connectivity index (χ0) is 16.0. The van der Waals surface area contributed by atoms with Gasteiger partial charge in [-0.25, -0.2) is 0 Å². The van der Waals surface area contributed by atoms with Gasteiger partial charge in [-0.2, -0.15) is 5.26 Å². The molecule has 7 heteroatoms. The van der Waals surface area contributed by atoms with Crippen LogP contribution in [-0.2, 0) is 0 Å². The predicted octanol–water partition coefficient (Wildman–Crippen LogP) is 0.435. The Morgan fingerprint density at radius 3 is 2.05 bits per heavy atom. The molecule has 1 aromatic carbocycles. The third-order valence-corrected chi connectivity index (χ3v) is 2.81. The van der Waals surface area contributed by atoms with Crippen molar-refractivity contribution in [2.45, 2.75) is 38.9 Å². The monoisotopic (exact) mass is 281 g/mol. The smallest absolute Gasteiger partial charge is 0.485 e. The van der Waals surface area contributed by atoms with Crippen molar-refractivity contribution in [3.8, 4) is 11.8 Å².